The number of nitrogens with zero attached hydrogens (tertiary/aromatic N) is 1. The van der Waals surface area contributed by atoms with Crippen LogP contribution in [0.25, 0.3) is 0 Å². The molecule has 1 amide bonds. The number of fused-ring (bicyclic) bond motifs is 3. The average Bonchev–Trinajstić information content (AvgIpc) is 3.28. The number of ketones is 3. The Balaban J connectivity index is 1.70. The number of aliphatic hydroxyl groups is 3. The van der Waals surface area contributed by atoms with Gasteiger partial charge in [0.2, 0.25) is 5.79 Å². The van der Waals surface area contributed by atoms with Crippen LogP contribution in [0.2, 0.25) is 0 Å². The normalized spacial score (nSPS) is 38.6. The zero-order chi connectivity index (χ0) is 48.2. The Morgan fingerprint density at radius 2 is 1.57 bits per heavy atom. The van der Waals surface area contributed by atoms with Crippen molar-refractivity contribution in [3.63, 3.8) is 0 Å². The number of ether oxygens (including phenoxy) is 5. The van der Waals surface area contributed by atoms with Crippen LogP contribution in [0, 0.1) is 35.5 Å². The Kier molecular flexibility index (Phi) is 21.0. The first-order valence-electron chi connectivity index (χ1n) is 23.9. The third-order valence-electron chi connectivity index (χ3n) is 14.5. The quantitative estimate of drug-likeness (QED) is 0.156. The molecule has 3 heterocycles. The van der Waals surface area contributed by atoms with Crippen molar-refractivity contribution in [2.45, 2.75) is 180 Å². The Morgan fingerprint density at radius 1 is 0.846 bits per heavy atom. The molecule has 3 fully saturated rings. The molecule has 2 bridgehead atoms. The minimum atomic E-state index is -2.43. The number of hydrogen-bond donors (Lipinski definition) is 3. The van der Waals surface area contributed by atoms with E-state index in [2.05, 4.69) is 0 Å². The molecule has 0 aromatic rings. The fourth-order valence-corrected chi connectivity index (χ4v) is 10.1. The average molecular weight is 914 g/mol. The number of allylic oxidation sites excluding steroid dienone is 6. The smallest absolute Gasteiger partial charge is 0.329 e. The second-order valence-electron chi connectivity index (χ2n) is 19.6. The predicted octanol–water partition coefficient (Wildman–Crippen LogP) is 6.18. The van der Waals surface area contributed by atoms with E-state index in [9.17, 15) is 39.3 Å². The van der Waals surface area contributed by atoms with Gasteiger partial charge in [0.1, 0.15) is 30.1 Å². The standard InChI is InChI=1S/C51H79NO13/c1-30-16-12-11-13-17-31(2)42(61-8)28-38-21-19-36(7)51(60,65-38)48(57)49(58)52-23-15-14-18-39(52)50(59)64-43(33(4)26-37-20-22-40(53)44(27-37)62-9)29-41(54)32(3)25-35(6)46(56)47(63-10)45(55)34(5)24-30/h11-13,16-17,25,30,32-34,36-40,42-44,46-47,53,56,60H,14-15,18-24,26-29H2,1-10H3/b13-11?,16-12?,31-17?,35-25+/t30-,32-,33-,34-,36-,37+,38+,39+,40-,42+,43+,44-,46-,47+,51-/m1/s1. The summed E-state index contributed by atoms with van der Waals surface area (Å²) < 4.78 is 29.4. The van der Waals surface area contributed by atoms with Gasteiger partial charge in [-0.15, -0.1) is 0 Å². The summed E-state index contributed by atoms with van der Waals surface area (Å²) in [4.78, 5) is 71.8. The van der Waals surface area contributed by atoms with Crippen molar-refractivity contribution in [1.82, 2.24) is 4.90 Å². The van der Waals surface area contributed by atoms with E-state index < -0.39 is 83.9 Å². The number of piperidine rings is 1. The minimum Gasteiger partial charge on any atom is -0.460 e. The SMILES string of the molecule is CO[C@H]1C[C@@H]2CC[C@@H](C)[C@@](O)(O2)C(=O)C(=O)N2CCCC[C@H]2C(=O)O[C@H]([C@H](C)C[C@@H]2CC[C@@H](O)[C@H](OC)C2)CC(=O)[C@H](C)/C=C(\C)[C@@H](O)[C@@H](OC)C(=O)[C@H](C)C[C@H](C)C=CC=CC=C1C. The van der Waals surface area contributed by atoms with Crippen molar-refractivity contribution in [1.29, 1.82) is 0 Å². The van der Waals surface area contributed by atoms with Crippen LogP contribution < -0.4 is 0 Å². The van der Waals surface area contributed by atoms with Gasteiger partial charge in [0.25, 0.3) is 11.7 Å². The number of aliphatic hydroxyl groups excluding tert-OH is 2. The summed E-state index contributed by atoms with van der Waals surface area (Å²) in [5.74, 6) is -7.96. The number of rotatable bonds is 6. The van der Waals surface area contributed by atoms with E-state index in [1.54, 1.807) is 41.1 Å². The van der Waals surface area contributed by atoms with E-state index in [1.165, 1.54) is 12.0 Å². The van der Waals surface area contributed by atoms with Crippen molar-refractivity contribution in [3.05, 3.63) is 47.6 Å². The maximum atomic E-state index is 14.4. The van der Waals surface area contributed by atoms with Gasteiger partial charge >= 0.3 is 5.97 Å². The number of methoxy groups -OCH3 is 3. The van der Waals surface area contributed by atoms with E-state index in [0.717, 1.165) is 12.0 Å². The number of hydrogen-bond acceptors (Lipinski definition) is 13. The summed E-state index contributed by atoms with van der Waals surface area (Å²) in [6, 6.07) is -1.14. The lowest BCUT2D eigenvalue weighted by molar-refractivity contribution is -0.265. The highest BCUT2D eigenvalue weighted by Gasteiger charge is 2.53. The van der Waals surface area contributed by atoms with Gasteiger partial charge in [-0.05, 0) is 107 Å². The minimum absolute atomic E-state index is 0.0193. The van der Waals surface area contributed by atoms with E-state index >= 15 is 0 Å². The Morgan fingerprint density at radius 3 is 2.25 bits per heavy atom. The molecule has 0 aromatic carbocycles. The van der Waals surface area contributed by atoms with Gasteiger partial charge in [0, 0.05) is 58.5 Å². The van der Waals surface area contributed by atoms with E-state index in [4.69, 9.17) is 23.7 Å². The molecular weight excluding hydrogens is 835 g/mol. The third kappa shape index (κ3) is 14.3. The molecule has 0 spiro atoms. The third-order valence-corrected chi connectivity index (χ3v) is 14.5. The van der Waals surface area contributed by atoms with Gasteiger partial charge in [-0.25, -0.2) is 4.79 Å². The molecule has 14 nitrogen and oxygen atoms in total. The highest BCUT2D eigenvalue weighted by molar-refractivity contribution is 6.39. The molecule has 366 valence electrons. The first-order valence-corrected chi connectivity index (χ1v) is 23.9. The fourth-order valence-electron chi connectivity index (χ4n) is 10.1. The van der Waals surface area contributed by atoms with Crippen LogP contribution in [0.15, 0.2) is 47.6 Å². The van der Waals surface area contributed by atoms with E-state index in [0.29, 0.717) is 63.4 Å². The molecule has 4 aliphatic rings. The van der Waals surface area contributed by atoms with Crippen molar-refractivity contribution in [2.75, 3.05) is 27.9 Å². The predicted molar refractivity (Wildman–Crippen MR) is 245 cm³/mol. The zero-order valence-electron chi connectivity index (χ0n) is 40.6. The van der Waals surface area contributed by atoms with Gasteiger partial charge in [-0.2, -0.15) is 0 Å². The number of Topliss-reactive ketones (excluding diaryl/α,β-unsaturated/α-hetero) is 3. The molecule has 65 heavy (non-hydrogen) atoms. The molecular formula is C51H79NO13. The topological polar surface area (TPSA) is 195 Å². The van der Waals surface area contributed by atoms with Crippen molar-refractivity contribution in [3.8, 4) is 0 Å². The molecule has 14 heteroatoms. The first kappa shape index (κ1) is 54.2. The second-order valence-corrected chi connectivity index (χ2v) is 19.6. The molecule has 4 rings (SSSR count). The molecule has 1 saturated carbocycles. The van der Waals surface area contributed by atoms with Crippen LogP contribution in [0.3, 0.4) is 0 Å². The van der Waals surface area contributed by atoms with Crippen LogP contribution in [-0.2, 0) is 47.7 Å². The van der Waals surface area contributed by atoms with Crippen molar-refractivity contribution in [2.24, 2.45) is 35.5 Å². The van der Waals surface area contributed by atoms with Gasteiger partial charge in [0.15, 0.2) is 5.78 Å². The van der Waals surface area contributed by atoms with Crippen LogP contribution in [0.5, 0.6) is 0 Å². The summed E-state index contributed by atoms with van der Waals surface area (Å²) in [6.45, 7) is 12.7. The van der Waals surface area contributed by atoms with E-state index in [-0.39, 0.29) is 54.8 Å². The number of carbonyl (C=O) groups excluding carboxylic acids is 5. The second kappa shape index (κ2) is 25.1. The Labute approximate surface area is 387 Å². The zero-order valence-corrected chi connectivity index (χ0v) is 40.6. The largest absolute Gasteiger partial charge is 0.460 e. The summed E-state index contributed by atoms with van der Waals surface area (Å²) >= 11 is 0. The van der Waals surface area contributed by atoms with Crippen LogP contribution in [0.4, 0.5) is 0 Å². The van der Waals surface area contributed by atoms with Crippen LogP contribution in [-0.4, -0.2) is 132 Å². The monoisotopic (exact) mass is 914 g/mol. The number of carbonyl (C=O) groups is 5. The molecule has 0 aromatic heterocycles. The van der Waals surface area contributed by atoms with Gasteiger partial charge in [-0.1, -0.05) is 71.1 Å². The Bertz CT molecular complexity index is 1760. The number of esters is 1. The highest BCUT2D eigenvalue weighted by Crippen LogP contribution is 2.38. The lowest BCUT2D eigenvalue weighted by atomic mass is 9.78. The lowest BCUT2D eigenvalue weighted by Gasteiger charge is -2.42. The van der Waals surface area contributed by atoms with Gasteiger partial charge < -0.3 is 43.9 Å². The Hall–Kier alpha value is -3.37. The summed E-state index contributed by atoms with van der Waals surface area (Å²) in [6.07, 6.45) is 11.2. The summed E-state index contributed by atoms with van der Waals surface area (Å²) in [7, 11) is 4.52. The molecule has 3 N–H and O–H groups in total. The molecule has 15 atom stereocenters. The first-order chi connectivity index (χ1) is 30.7. The number of amides is 1. The van der Waals surface area contributed by atoms with Crippen LogP contribution >= 0.6 is 0 Å². The molecule has 0 radical (unpaired) electrons. The van der Waals surface area contributed by atoms with E-state index in [1.807, 2.05) is 58.1 Å². The van der Waals surface area contributed by atoms with Crippen LogP contribution in [0.1, 0.15) is 126 Å². The maximum Gasteiger partial charge on any atom is 0.329 e. The summed E-state index contributed by atoms with van der Waals surface area (Å²) in [5.41, 5.74) is 1.27. The lowest BCUT2D eigenvalue weighted by Crippen LogP contribution is -2.61. The molecule has 2 saturated heterocycles. The molecule has 3 aliphatic heterocycles. The summed E-state index contributed by atoms with van der Waals surface area (Å²) in [5, 5.41) is 33.8. The molecule has 1 aliphatic carbocycles. The van der Waals surface area contributed by atoms with Gasteiger partial charge in [-0.3, -0.25) is 19.2 Å². The highest BCUT2D eigenvalue weighted by atomic mass is 16.6. The molecule has 0 unspecified atom stereocenters. The fraction of sp³-hybridized carbons (Fsp3) is 0.745. The van der Waals surface area contributed by atoms with Crippen molar-refractivity contribution < 1.29 is 63.0 Å². The van der Waals surface area contributed by atoms with Crippen molar-refractivity contribution >= 4 is 29.2 Å². The van der Waals surface area contributed by atoms with Gasteiger partial charge in [0.05, 0.1) is 24.4 Å². The maximum absolute atomic E-state index is 14.4. The number of cyclic esters (lactones) is 1.